The highest BCUT2D eigenvalue weighted by Gasteiger charge is 2.18. The Morgan fingerprint density at radius 1 is 1.08 bits per heavy atom. The van der Waals surface area contributed by atoms with Crippen LogP contribution in [0.2, 0.25) is 0 Å². The Morgan fingerprint density at radius 3 is 2.04 bits per heavy atom. The van der Waals surface area contributed by atoms with Crippen molar-refractivity contribution in [1.29, 1.82) is 0 Å². The summed E-state index contributed by atoms with van der Waals surface area (Å²) >= 11 is 0. The van der Waals surface area contributed by atoms with Crippen LogP contribution >= 0.6 is 0 Å². The van der Waals surface area contributed by atoms with Crippen molar-refractivity contribution in [1.82, 2.24) is 9.62 Å². The number of hydrogen-bond donors (Lipinski definition) is 1. The lowest BCUT2D eigenvalue weighted by molar-refractivity contribution is 0.0950. The van der Waals surface area contributed by atoms with Crippen molar-refractivity contribution >= 4 is 15.9 Å². The van der Waals surface area contributed by atoms with Gasteiger partial charge in [0.2, 0.25) is 15.8 Å². The summed E-state index contributed by atoms with van der Waals surface area (Å²) in [4.78, 5) is 12.3. The molecular weight excluding hydrogens is 348 g/mol. The van der Waals surface area contributed by atoms with Gasteiger partial charge in [-0.3, -0.25) is 4.79 Å². The highest BCUT2D eigenvalue weighted by Crippen LogP contribution is 2.38. The first-order valence-electron chi connectivity index (χ1n) is 7.81. The van der Waals surface area contributed by atoms with Gasteiger partial charge in [-0.1, -0.05) is 6.92 Å². The van der Waals surface area contributed by atoms with E-state index in [1.165, 1.54) is 37.8 Å². The van der Waals surface area contributed by atoms with Crippen LogP contribution in [0.15, 0.2) is 12.1 Å². The van der Waals surface area contributed by atoms with E-state index in [-0.39, 0.29) is 19.0 Å². The summed E-state index contributed by atoms with van der Waals surface area (Å²) in [6.07, 6.45) is 1.86. The number of nitrogens with zero attached hydrogens (tertiary/aromatic N) is 1. The van der Waals surface area contributed by atoms with E-state index in [0.717, 1.165) is 6.26 Å². The molecule has 0 heterocycles. The van der Waals surface area contributed by atoms with Crippen molar-refractivity contribution in [3.63, 3.8) is 0 Å². The Balaban J connectivity index is 2.84. The number of rotatable bonds is 10. The van der Waals surface area contributed by atoms with Crippen molar-refractivity contribution < 1.29 is 27.4 Å². The maximum Gasteiger partial charge on any atom is 0.251 e. The van der Waals surface area contributed by atoms with Gasteiger partial charge in [0, 0.05) is 25.2 Å². The average molecular weight is 374 g/mol. The molecule has 0 radical (unpaired) electrons. The number of ether oxygens (including phenoxy) is 3. The molecular formula is C16H26N2O6S. The second kappa shape index (κ2) is 9.47. The van der Waals surface area contributed by atoms with Gasteiger partial charge in [-0.05, 0) is 18.6 Å². The molecule has 1 aromatic carbocycles. The number of benzene rings is 1. The second-order valence-electron chi connectivity index (χ2n) is 5.33. The summed E-state index contributed by atoms with van der Waals surface area (Å²) in [6, 6.07) is 3.08. The van der Waals surface area contributed by atoms with Crippen LogP contribution < -0.4 is 19.5 Å². The lowest BCUT2D eigenvalue weighted by atomic mass is 10.1. The Bertz CT molecular complexity index is 665. The van der Waals surface area contributed by atoms with Crippen LogP contribution in [-0.2, 0) is 10.0 Å². The van der Waals surface area contributed by atoms with Crippen molar-refractivity contribution in [2.45, 2.75) is 13.3 Å². The average Bonchev–Trinajstić information content (AvgIpc) is 2.58. The zero-order chi connectivity index (χ0) is 19.0. The Hall–Kier alpha value is -2.00. The lowest BCUT2D eigenvalue weighted by Crippen LogP contribution is -2.38. The molecule has 0 atom stereocenters. The van der Waals surface area contributed by atoms with Crippen molar-refractivity contribution in [3.8, 4) is 17.2 Å². The SMILES string of the molecule is CCCN(CCNC(=O)c1cc(OC)c(OC)c(OC)c1)S(C)(=O)=O. The van der Waals surface area contributed by atoms with E-state index in [4.69, 9.17) is 14.2 Å². The summed E-state index contributed by atoms with van der Waals surface area (Å²) in [7, 11) is 1.12. The van der Waals surface area contributed by atoms with Crippen LogP contribution in [0.25, 0.3) is 0 Å². The number of sulfonamides is 1. The van der Waals surface area contributed by atoms with Crippen LogP contribution in [0.3, 0.4) is 0 Å². The fourth-order valence-corrected chi connectivity index (χ4v) is 3.24. The van der Waals surface area contributed by atoms with Gasteiger partial charge in [-0.25, -0.2) is 12.7 Å². The van der Waals surface area contributed by atoms with Crippen LogP contribution in [0.5, 0.6) is 17.2 Å². The largest absolute Gasteiger partial charge is 0.493 e. The molecule has 0 aliphatic heterocycles. The van der Waals surface area contributed by atoms with Gasteiger partial charge in [0.1, 0.15) is 0 Å². The first-order valence-corrected chi connectivity index (χ1v) is 9.66. The maximum atomic E-state index is 12.3. The third-order valence-electron chi connectivity index (χ3n) is 3.52. The zero-order valence-electron chi connectivity index (χ0n) is 15.3. The summed E-state index contributed by atoms with van der Waals surface area (Å²) < 4.78 is 40.3. The molecule has 0 saturated carbocycles. The van der Waals surface area contributed by atoms with E-state index in [2.05, 4.69) is 5.32 Å². The van der Waals surface area contributed by atoms with Gasteiger partial charge < -0.3 is 19.5 Å². The standard InChI is InChI=1S/C16H26N2O6S/c1-6-8-18(25(5,20)21)9-7-17-16(19)12-10-13(22-2)15(24-4)14(11-12)23-3/h10-11H,6-9H2,1-5H3,(H,17,19). The number of nitrogens with one attached hydrogen (secondary N) is 1. The van der Waals surface area contributed by atoms with Crippen molar-refractivity contribution in [2.75, 3.05) is 47.2 Å². The van der Waals surface area contributed by atoms with E-state index >= 15 is 0 Å². The molecule has 25 heavy (non-hydrogen) atoms. The third kappa shape index (κ3) is 5.79. The molecule has 0 aromatic heterocycles. The molecule has 8 nitrogen and oxygen atoms in total. The molecule has 0 aliphatic carbocycles. The van der Waals surface area contributed by atoms with Crippen LogP contribution in [0.4, 0.5) is 0 Å². The van der Waals surface area contributed by atoms with Crippen LogP contribution in [-0.4, -0.2) is 65.8 Å². The zero-order valence-corrected chi connectivity index (χ0v) is 16.1. The van der Waals surface area contributed by atoms with E-state index in [0.29, 0.717) is 35.8 Å². The molecule has 0 saturated heterocycles. The smallest absolute Gasteiger partial charge is 0.251 e. The van der Waals surface area contributed by atoms with Gasteiger partial charge >= 0.3 is 0 Å². The third-order valence-corrected chi connectivity index (χ3v) is 4.82. The highest BCUT2D eigenvalue weighted by atomic mass is 32.2. The second-order valence-corrected chi connectivity index (χ2v) is 7.31. The first kappa shape index (κ1) is 21.0. The molecule has 142 valence electrons. The molecule has 0 bridgehead atoms. The topological polar surface area (TPSA) is 94.2 Å². The number of amides is 1. The molecule has 0 spiro atoms. The Labute approximate surface area is 149 Å². The highest BCUT2D eigenvalue weighted by molar-refractivity contribution is 7.88. The lowest BCUT2D eigenvalue weighted by Gasteiger charge is -2.19. The maximum absolute atomic E-state index is 12.3. The number of methoxy groups -OCH3 is 3. The minimum Gasteiger partial charge on any atom is -0.493 e. The van der Waals surface area contributed by atoms with Gasteiger partial charge in [-0.15, -0.1) is 0 Å². The van der Waals surface area contributed by atoms with E-state index < -0.39 is 10.0 Å². The predicted molar refractivity (Wildman–Crippen MR) is 95.1 cm³/mol. The molecule has 0 unspecified atom stereocenters. The number of carbonyl (C=O) groups is 1. The van der Waals surface area contributed by atoms with Gasteiger partial charge in [0.05, 0.1) is 27.6 Å². The predicted octanol–water partition coefficient (Wildman–Crippen LogP) is 1.11. The van der Waals surface area contributed by atoms with E-state index in [1.54, 1.807) is 0 Å². The van der Waals surface area contributed by atoms with Gasteiger partial charge in [-0.2, -0.15) is 0 Å². The van der Waals surface area contributed by atoms with Crippen LogP contribution in [0.1, 0.15) is 23.7 Å². The molecule has 0 fully saturated rings. The molecule has 1 rings (SSSR count). The number of carbonyl (C=O) groups excluding carboxylic acids is 1. The fraction of sp³-hybridized carbons (Fsp3) is 0.562. The monoisotopic (exact) mass is 374 g/mol. The molecule has 1 N–H and O–H groups in total. The quantitative estimate of drug-likeness (QED) is 0.659. The molecule has 0 aliphatic rings. The summed E-state index contributed by atoms with van der Waals surface area (Å²) in [5.74, 6) is 0.781. The molecule has 1 amide bonds. The fourth-order valence-electron chi connectivity index (χ4n) is 2.30. The first-order chi connectivity index (χ1) is 11.8. The van der Waals surface area contributed by atoms with Crippen LogP contribution in [0, 0.1) is 0 Å². The van der Waals surface area contributed by atoms with Gasteiger partial charge in [0.15, 0.2) is 11.5 Å². The molecule has 9 heteroatoms. The van der Waals surface area contributed by atoms with Crippen molar-refractivity contribution in [3.05, 3.63) is 17.7 Å². The normalized spacial score (nSPS) is 11.3. The van der Waals surface area contributed by atoms with E-state index in [1.807, 2.05) is 6.92 Å². The van der Waals surface area contributed by atoms with Crippen molar-refractivity contribution in [2.24, 2.45) is 0 Å². The Morgan fingerprint density at radius 2 is 1.64 bits per heavy atom. The minimum absolute atomic E-state index is 0.197. The molecule has 1 aromatic rings. The summed E-state index contributed by atoms with van der Waals surface area (Å²) in [6.45, 7) is 2.72. The van der Waals surface area contributed by atoms with Gasteiger partial charge in [0.25, 0.3) is 5.91 Å². The van der Waals surface area contributed by atoms with E-state index in [9.17, 15) is 13.2 Å². The Kier molecular flexibility index (Phi) is 7.98. The minimum atomic E-state index is -3.29. The summed E-state index contributed by atoms with van der Waals surface area (Å²) in [5.41, 5.74) is 0.330. The number of hydrogen-bond acceptors (Lipinski definition) is 6. The summed E-state index contributed by atoms with van der Waals surface area (Å²) in [5, 5.41) is 2.70.